The Morgan fingerprint density at radius 1 is 1.19 bits per heavy atom. The second kappa shape index (κ2) is 4.43. The first-order valence-electron chi connectivity index (χ1n) is 4.19. The van der Waals surface area contributed by atoms with Gasteiger partial charge in [0.2, 0.25) is 0 Å². The van der Waals surface area contributed by atoms with Crippen molar-refractivity contribution in [3.63, 3.8) is 0 Å². The average molecular weight is 227 g/mol. The number of ether oxygens (including phenoxy) is 1. The molecule has 0 amide bonds. The standard InChI is InChI=1S/C8H9N3O5/c1-9-5-3-6(10(12)13)7(11(14)15)4-8(5)16-2/h3-4,9H,1-2H3. The first kappa shape index (κ1) is 11.7. The van der Waals surface area contributed by atoms with Gasteiger partial charge in [-0.3, -0.25) is 20.2 Å². The smallest absolute Gasteiger partial charge is 0.349 e. The summed E-state index contributed by atoms with van der Waals surface area (Å²) in [7, 11) is 2.86. The second-order valence-electron chi connectivity index (χ2n) is 2.81. The second-order valence-corrected chi connectivity index (χ2v) is 2.81. The fourth-order valence-electron chi connectivity index (χ4n) is 1.21. The zero-order chi connectivity index (χ0) is 12.3. The molecule has 0 aliphatic rings. The van der Waals surface area contributed by atoms with E-state index < -0.39 is 21.2 Å². The molecule has 0 heterocycles. The van der Waals surface area contributed by atoms with Crippen molar-refractivity contribution in [3.05, 3.63) is 32.4 Å². The fraction of sp³-hybridized carbons (Fsp3) is 0.250. The molecule has 0 aliphatic heterocycles. The van der Waals surface area contributed by atoms with Crippen molar-refractivity contribution in [2.75, 3.05) is 19.5 Å². The summed E-state index contributed by atoms with van der Waals surface area (Å²) < 4.78 is 4.87. The van der Waals surface area contributed by atoms with Crippen LogP contribution in [0.4, 0.5) is 17.1 Å². The lowest BCUT2D eigenvalue weighted by Crippen LogP contribution is -2.00. The summed E-state index contributed by atoms with van der Waals surface area (Å²) in [4.78, 5) is 19.6. The van der Waals surface area contributed by atoms with Gasteiger partial charge in [-0.05, 0) is 0 Å². The Morgan fingerprint density at radius 2 is 1.69 bits per heavy atom. The van der Waals surface area contributed by atoms with Crippen LogP contribution < -0.4 is 10.1 Å². The van der Waals surface area contributed by atoms with Crippen LogP contribution in [0.2, 0.25) is 0 Å². The predicted octanol–water partition coefficient (Wildman–Crippen LogP) is 1.55. The highest BCUT2D eigenvalue weighted by Gasteiger charge is 2.27. The van der Waals surface area contributed by atoms with E-state index in [1.54, 1.807) is 0 Å². The van der Waals surface area contributed by atoms with Crippen molar-refractivity contribution in [1.29, 1.82) is 0 Å². The van der Waals surface area contributed by atoms with E-state index in [9.17, 15) is 20.2 Å². The van der Waals surface area contributed by atoms with E-state index in [-0.39, 0.29) is 5.75 Å². The van der Waals surface area contributed by atoms with Crippen LogP contribution in [0.1, 0.15) is 0 Å². The number of hydrogen-bond donors (Lipinski definition) is 1. The summed E-state index contributed by atoms with van der Waals surface area (Å²) in [6.07, 6.45) is 0. The SMILES string of the molecule is CNc1cc([N+](=O)[O-])c([N+](=O)[O-])cc1OC. The molecule has 8 heteroatoms. The molecule has 0 atom stereocenters. The monoisotopic (exact) mass is 227 g/mol. The highest BCUT2D eigenvalue weighted by Crippen LogP contribution is 2.36. The molecular weight excluding hydrogens is 218 g/mol. The lowest BCUT2D eigenvalue weighted by Gasteiger charge is -2.07. The van der Waals surface area contributed by atoms with Gasteiger partial charge < -0.3 is 10.1 Å². The molecular formula is C8H9N3O5. The van der Waals surface area contributed by atoms with Crippen LogP contribution in [0.3, 0.4) is 0 Å². The summed E-state index contributed by atoms with van der Waals surface area (Å²) >= 11 is 0. The minimum atomic E-state index is -0.819. The summed E-state index contributed by atoms with van der Waals surface area (Å²) in [5.74, 6) is 0.180. The van der Waals surface area contributed by atoms with Crippen LogP contribution in [-0.2, 0) is 0 Å². The van der Waals surface area contributed by atoms with E-state index >= 15 is 0 Å². The Labute approximate surface area is 90.1 Å². The van der Waals surface area contributed by atoms with Crippen LogP contribution in [0.25, 0.3) is 0 Å². The van der Waals surface area contributed by atoms with E-state index in [2.05, 4.69) is 5.32 Å². The van der Waals surface area contributed by atoms with Crippen molar-refractivity contribution in [3.8, 4) is 5.75 Å². The fourth-order valence-corrected chi connectivity index (χ4v) is 1.21. The molecule has 0 aromatic heterocycles. The predicted molar refractivity (Wildman–Crippen MR) is 55.8 cm³/mol. The zero-order valence-electron chi connectivity index (χ0n) is 8.59. The molecule has 1 aromatic carbocycles. The van der Waals surface area contributed by atoms with E-state index in [1.165, 1.54) is 14.2 Å². The number of methoxy groups -OCH3 is 1. The molecule has 0 saturated heterocycles. The molecule has 1 N–H and O–H groups in total. The molecule has 0 radical (unpaired) electrons. The number of hydrogen-bond acceptors (Lipinski definition) is 6. The maximum Gasteiger partial charge on any atom is 0.349 e. The van der Waals surface area contributed by atoms with Crippen molar-refractivity contribution in [1.82, 2.24) is 0 Å². The Hall–Kier alpha value is -2.38. The first-order chi connectivity index (χ1) is 7.51. The van der Waals surface area contributed by atoms with Crippen LogP contribution in [0.5, 0.6) is 5.75 Å². The van der Waals surface area contributed by atoms with Crippen LogP contribution >= 0.6 is 0 Å². The minimum Gasteiger partial charge on any atom is -0.494 e. The molecule has 0 aliphatic carbocycles. The number of anilines is 1. The minimum absolute atomic E-state index is 0.180. The number of nitrogens with one attached hydrogen (secondary N) is 1. The highest BCUT2D eigenvalue weighted by atomic mass is 16.6. The van der Waals surface area contributed by atoms with Gasteiger partial charge in [0, 0.05) is 7.05 Å². The van der Waals surface area contributed by atoms with E-state index in [1.807, 2.05) is 0 Å². The van der Waals surface area contributed by atoms with Crippen LogP contribution in [0.15, 0.2) is 12.1 Å². The third-order valence-corrected chi connectivity index (χ3v) is 1.96. The molecule has 0 unspecified atom stereocenters. The Bertz CT molecular complexity index is 405. The van der Waals surface area contributed by atoms with Crippen LogP contribution in [0, 0.1) is 20.2 Å². The van der Waals surface area contributed by atoms with E-state index in [0.29, 0.717) is 5.69 Å². The van der Waals surface area contributed by atoms with Crippen molar-refractivity contribution in [2.45, 2.75) is 0 Å². The summed E-state index contributed by atoms with van der Waals surface area (Å²) in [6, 6.07) is 2.08. The molecule has 0 spiro atoms. The number of nitrogens with zero attached hydrogens (tertiary/aromatic N) is 2. The zero-order valence-corrected chi connectivity index (χ0v) is 8.59. The van der Waals surface area contributed by atoms with Gasteiger partial charge in [0.05, 0.1) is 34.8 Å². The lowest BCUT2D eigenvalue weighted by atomic mass is 10.2. The van der Waals surface area contributed by atoms with Crippen molar-refractivity contribution in [2.24, 2.45) is 0 Å². The molecule has 1 rings (SSSR count). The Kier molecular flexibility index (Phi) is 3.24. The van der Waals surface area contributed by atoms with Crippen molar-refractivity contribution < 1.29 is 14.6 Å². The normalized spacial score (nSPS) is 9.62. The molecule has 86 valence electrons. The maximum absolute atomic E-state index is 10.6. The summed E-state index contributed by atoms with van der Waals surface area (Å²) in [5, 5.41) is 23.9. The molecule has 0 bridgehead atoms. The largest absolute Gasteiger partial charge is 0.494 e. The summed E-state index contributed by atoms with van der Waals surface area (Å²) in [6.45, 7) is 0. The first-order valence-corrected chi connectivity index (χ1v) is 4.19. The van der Waals surface area contributed by atoms with Crippen LogP contribution in [-0.4, -0.2) is 24.0 Å². The average Bonchev–Trinajstić information content (AvgIpc) is 2.26. The number of nitro groups is 2. The third-order valence-electron chi connectivity index (χ3n) is 1.96. The number of nitro benzene ring substituents is 2. The van der Waals surface area contributed by atoms with Gasteiger partial charge >= 0.3 is 11.4 Å². The van der Waals surface area contributed by atoms with Gasteiger partial charge in [-0.15, -0.1) is 0 Å². The van der Waals surface area contributed by atoms with E-state index in [0.717, 1.165) is 12.1 Å². The lowest BCUT2D eigenvalue weighted by molar-refractivity contribution is -0.422. The summed E-state index contributed by atoms with van der Waals surface area (Å²) in [5.41, 5.74) is -0.851. The van der Waals surface area contributed by atoms with Crippen molar-refractivity contribution >= 4 is 17.1 Å². The van der Waals surface area contributed by atoms with Gasteiger partial charge in [0.1, 0.15) is 5.75 Å². The molecule has 0 saturated carbocycles. The van der Waals surface area contributed by atoms with Gasteiger partial charge in [-0.1, -0.05) is 0 Å². The Morgan fingerprint density at radius 3 is 2.06 bits per heavy atom. The van der Waals surface area contributed by atoms with Gasteiger partial charge in [-0.2, -0.15) is 0 Å². The molecule has 1 aromatic rings. The number of rotatable bonds is 4. The number of benzene rings is 1. The molecule has 0 fully saturated rings. The maximum atomic E-state index is 10.6. The molecule has 8 nitrogen and oxygen atoms in total. The van der Waals surface area contributed by atoms with Gasteiger partial charge in [0.15, 0.2) is 0 Å². The quantitative estimate of drug-likeness (QED) is 0.617. The van der Waals surface area contributed by atoms with E-state index in [4.69, 9.17) is 4.74 Å². The Balaban J connectivity index is 3.47. The van der Waals surface area contributed by atoms with Gasteiger partial charge in [-0.25, -0.2) is 0 Å². The van der Waals surface area contributed by atoms with Gasteiger partial charge in [0.25, 0.3) is 0 Å². The highest BCUT2D eigenvalue weighted by molar-refractivity contribution is 5.69. The topological polar surface area (TPSA) is 108 Å². The molecule has 16 heavy (non-hydrogen) atoms. The third kappa shape index (κ3) is 2.00.